The maximum atomic E-state index is 13.5. The minimum Gasteiger partial charge on any atom is -0.330 e. The predicted molar refractivity (Wildman–Crippen MR) is 116 cm³/mol. The van der Waals surface area contributed by atoms with Crippen LogP contribution in [0.1, 0.15) is 48.4 Å². The zero-order valence-electron chi connectivity index (χ0n) is 17.3. The lowest BCUT2D eigenvalue weighted by Crippen LogP contribution is -2.42. The van der Waals surface area contributed by atoms with E-state index >= 15 is 0 Å². The fourth-order valence-electron chi connectivity index (χ4n) is 4.08. The summed E-state index contributed by atoms with van der Waals surface area (Å²) < 4.78 is 2.15. The van der Waals surface area contributed by atoms with Crippen LogP contribution in [-0.4, -0.2) is 26.9 Å². The van der Waals surface area contributed by atoms with Gasteiger partial charge in [0.05, 0.1) is 17.7 Å². The van der Waals surface area contributed by atoms with Gasteiger partial charge >= 0.3 is 0 Å². The first kappa shape index (κ1) is 19.4. The van der Waals surface area contributed by atoms with Crippen molar-refractivity contribution in [3.8, 4) is 0 Å². The molecule has 2 aromatic carbocycles. The highest BCUT2D eigenvalue weighted by atomic mass is 16.2. The number of rotatable bonds is 5. The molecule has 5 heteroatoms. The topological polar surface area (TPSA) is 50.2 Å². The molecule has 1 atom stereocenters. The highest BCUT2D eigenvalue weighted by molar-refractivity contribution is 5.95. The zero-order valence-corrected chi connectivity index (χ0v) is 17.3. The van der Waals surface area contributed by atoms with Crippen LogP contribution in [0, 0.1) is 6.92 Å². The van der Waals surface area contributed by atoms with E-state index in [0.29, 0.717) is 0 Å². The van der Waals surface area contributed by atoms with Crippen LogP contribution in [0.5, 0.6) is 0 Å². The third-order valence-corrected chi connectivity index (χ3v) is 5.49. The number of fused-ring (bicyclic) bond motifs is 1. The Hall–Kier alpha value is -2.92. The van der Waals surface area contributed by atoms with Gasteiger partial charge in [-0.15, -0.1) is 0 Å². The van der Waals surface area contributed by atoms with E-state index in [4.69, 9.17) is 0 Å². The molecular formula is C24H28N4O. The lowest BCUT2D eigenvalue weighted by atomic mass is 9.99. The van der Waals surface area contributed by atoms with Crippen molar-refractivity contribution in [2.45, 2.75) is 45.8 Å². The van der Waals surface area contributed by atoms with Crippen LogP contribution in [0.4, 0.5) is 5.69 Å². The van der Waals surface area contributed by atoms with E-state index in [2.05, 4.69) is 45.7 Å². The molecule has 0 radical (unpaired) electrons. The molecule has 150 valence electrons. The first-order valence-electron chi connectivity index (χ1n) is 10.2. The molecule has 0 saturated heterocycles. The number of hydrogen-bond donors (Lipinski definition) is 1. The monoisotopic (exact) mass is 388 g/mol. The number of carbonyl (C=O) groups excluding carboxylic acids is 1. The molecule has 1 aromatic heterocycles. The van der Waals surface area contributed by atoms with Crippen LogP contribution in [0.15, 0.2) is 60.9 Å². The third-order valence-electron chi connectivity index (χ3n) is 5.49. The first-order chi connectivity index (χ1) is 14.0. The molecule has 5 nitrogen and oxygen atoms in total. The summed E-state index contributed by atoms with van der Waals surface area (Å²) in [6.45, 7) is 7.84. The molecule has 1 aliphatic rings. The van der Waals surface area contributed by atoms with Crippen LogP contribution < -0.4 is 5.32 Å². The number of amides is 1. The van der Waals surface area contributed by atoms with E-state index < -0.39 is 0 Å². The third kappa shape index (κ3) is 4.10. The Bertz CT molecular complexity index is 993. The van der Waals surface area contributed by atoms with Crippen molar-refractivity contribution < 1.29 is 4.79 Å². The van der Waals surface area contributed by atoms with Gasteiger partial charge in [0, 0.05) is 31.2 Å². The van der Waals surface area contributed by atoms with Crippen molar-refractivity contribution in [3.63, 3.8) is 0 Å². The SMILES string of the molecule is Cc1cccc(NC(=O)[C@@H]2c3c(ncn3C(C)C)CCN2Cc2ccccc2)c1. The van der Waals surface area contributed by atoms with Crippen LogP contribution >= 0.6 is 0 Å². The van der Waals surface area contributed by atoms with Crippen molar-refractivity contribution in [1.82, 2.24) is 14.5 Å². The van der Waals surface area contributed by atoms with Gasteiger partial charge in [-0.25, -0.2) is 4.98 Å². The number of imidazole rings is 1. The molecule has 0 aliphatic carbocycles. The maximum Gasteiger partial charge on any atom is 0.247 e. The molecule has 1 amide bonds. The van der Waals surface area contributed by atoms with Gasteiger partial charge in [0.2, 0.25) is 5.91 Å². The summed E-state index contributed by atoms with van der Waals surface area (Å²) in [5, 5.41) is 3.14. The van der Waals surface area contributed by atoms with Gasteiger partial charge in [-0.2, -0.15) is 0 Å². The summed E-state index contributed by atoms with van der Waals surface area (Å²) in [6, 6.07) is 18.2. The van der Waals surface area contributed by atoms with Crippen LogP contribution in [0.2, 0.25) is 0 Å². The van der Waals surface area contributed by atoms with E-state index in [1.165, 1.54) is 5.56 Å². The maximum absolute atomic E-state index is 13.5. The summed E-state index contributed by atoms with van der Waals surface area (Å²) in [5.74, 6) is -0.00474. The number of carbonyl (C=O) groups is 1. The second-order valence-corrected chi connectivity index (χ2v) is 8.04. The Morgan fingerprint density at radius 3 is 2.69 bits per heavy atom. The molecule has 0 bridgehead atoms. The van der Waals surface area contributed by atoms with E-state index in [-0.39, 0.29) is 18.0 Å². The number of benzene rings is 2. The lowest BCUT2D eigenvalue weighted by Gasteiger charge is -2.36. The Morgan fingerprint density at radius 2 is 1.97 bits per heavy atom. The Labute approximate surface area is 172 Å². The first-order valence-corrected chi connectivity index (χ1v) is 10.2. The smallest absolute Gasteiger partial charge is 0.247 e. The van der Waals surface area contributed by atoms with Gasteiger partial charge in [-0.1, -0.05) is 42.5 Å². The summed E-state index contributed by atoms with van der Waals surface area (Å²) in [5.41, 5.74) is 5.22. The van der Waals surface area contributed by atoms with Crippen molar-refractivity contribution in [2.24, 2.45) is 0 Å². The highest BCUT2D eigenvalue weighted by Crippen LogP contribution is 2.33. The number of hydrogen-bond acceptors (Lipinski definition) is 3. The number of aryl methyl sites for hydroxylation is 1. The Kier molecular flexibility index (Phi) is 5.49. The van der Waals surface area contributed by atoms with Crippen molar-refractivity contribution in [1.29, 1.82) is 0 Å². The van der Waals surface area contributed by atoms with E-state index in [9.17, 15) is 4.79 Å². The summed E-state index contributed by atoms with van der Waals surface area (Å²) in [6.07, 6.45) is 2.74. The number of nitrogens with one attached hydrogen (secondary N) is 1. The second-order valence-electron chi connectivity index (χ2n) is 8.04. The molecular weight excluding hydrogens is 360 g/mol. The Morgan fingerprint density at radius 1 is 1.17 bits per heavy atom. The average molecular weight is 389 g/mol. The number of aromatic nitrogens is 2. The summed E-state index contributed by atoms with van der Waals surface area (Å²) in [7, 11) is 0. The van der Waals surface area contributed by atoms with Gasteiger partial charge in [-0.3, -0.25) is 9.69 Å². The number of anilines is 1. The van der Waals surface area contributed by atoms with Crippen molar-refractivity contribution in [2.75, 3.05) is 11.9 Å². The van der Waals surface area contributed by atoms with Crippen molar-refractivity contribution in [3.05, 3.63) is 83.4 Å². The molecule has 1 N–H and O–H groups in total. The van der Waals surface area contributed by atoms with Crippen LogP contribution in [0.25, 0.3) is 0 Å². The van der Waals surface area contributed by atoms with Crippen LogP contribution in [-0.2, 0) is 17.8 Å². The second kappa shape index (κ2) is 8.21. The molecule has 4 rings (SSSR count). The zero-order chi connectivity index (χ0) is 20.4. The normalized spacial score (nSPS) is 16.6. The minimum atomic E-state index is -0.371. The van der Waals surface area contributed by atoms with E-state index in [1.807, 2.05) is 55.7 Å². The standard InChI is InChI=1S/C24H28N4O/c1-17(2)28-16-25-21-12-13-27(15-19-9-5-4-6-10-19)23(22(21)28)24(29)26-20-11-7-8-18(3)14-20/h4-11,14,16-17,23H,12-13,15H2,1-3H3,(H,26,29)/t23-/m0/s1. The fourth-order valence-corrected chi connectivity index (χ4v) is 4.08. The molecule has 0 spiro atoms. The van der Waals surface area contributed by atoms with E-state index in [1.54, 1.807) is 0 Å². The molecule has 0 unspecified atom stereocenters. The van der Waals surface area contributed by atoms with Gasteiger partial charge in [-0.05, 0) is 44.0 Å². The molecule has 3 aromatic rings. The molecule has 0 fully saturated rings. The molecule has 29 heavy (non-hydrogen) atoms. The van der Waals surface area contributed by atoms with Crippen LogP contribution in [0.3, 0.4) is 0 Å². The lowest BCUT2D eigenvalue weighted by molar-refractivity contribution is -0.122. The molecule has 2 heterocycles. The Balaban J connectivity index is 1.69. The largest absolute Gasteiger partial charge is 0.330 e. The highest BCUT2D eigenvalue weighted by Gasteiger charge is 2.37. The average Bonchev–Trinajstić information content (AvgIpc) is 3.13. The van der Waals surface area contributed by atoms with E-state index in [0.717, 1.165) is 42.1 Å². The molecule has 0 saturated carbocycles. The predicted octanol–water partition coefficient (Wildman–Crippen LogP) is 4.51. The minimum absolute atomic E-state index is 0.00474. The van der Waals surface area contributed by atoms with Gasteiger partial charge in [0.25, 0.3) is 0 Å². The molecule has 1 aliphatic heterocycles. The van der Waals surface area contributed by atoms with Crippen molar-refractivity contribution >= 4 is 11.6 Å². The number of nitrogens with zero attached hydrogens (tertiary/aromatic N) is 3. The van der Waals surface area contributed by atoms with Gasteiger partial charge in [0.1, 0.15) is 6.04 Å². The fraction of sp³-hybridized carbons (Fsp3) is 0.333. The summed E-state index contributed by atoms with van der Waals surface area (Å²) in [4.78, 5) is 20.4. The van der Waals surface area contributed by atoms with Gasteiger partial charge in [0.15, 0.2) is 0 Å². The quantitative estimate of drug-likeness (QED) is 0.700. The van der Waals surface area contributed by atoms with Gasteiger partial charge < -0.3 is 9.88 Å². The summed E-state index contributed by atoms with van der Waals surface area (Å²) >= 11 is 0.